The van der Waals surface area contributed by atoms with Crippen molar-refractivity contribution in [2.24, 2.45) is 0 Å². The van der Waals surface area contributed by atoms with E-state index in [4.69, 9.17) is 32.7 Å². The Kier molecular flexibility index (Phi) is 9.01. The largest absolute Gasteiger partial charge is 0.490 e. The van der Waals surface area contributed by atoms with Crippen LogP contribution in [0.2, 0.25) is 10.0 Å². The number of nitriles is 1. The lowest BCUT2D eigenvalue weighted by Gasteiger charge is -2.15. The summed E-state index contributed by atoms with van der Waals surface area (Å²) >= 11 is 14.2. The first-order chi connectivity index (χ1) is 15.9. The molecule has 0 aliphatic carbocycles. The third-order valence-electron chi connectivity index (χ3n) is 4.43. The zero-order valence-corrected chi connectivity index (χ0v) is 21.2. The number of benzene rings is 3. The highest BCUT2D eigenvalue weighted by molar-refractivity contribution is 14.1. The van der Waals surface area contributed by atoms with Crippen LogP contribution >= 0.6 is 45.8 Å². The zero-order chi connectivity index (χ0) is 23.8. The van der Waals surface area contributed by atoms with E-state index in [-0.39, 0.29) is 5.57 Å². The number of halogens is 3. The number of carbonyl (C=O) groups is 1. The minimum atomic E-state index is -0.554. The Balaban J connectivity index is 1.85. The van der Waals surface area contributed by atoms with Gasteiger partial charge in [0.2, 0.25) is 0 Å². The molecule has 0 fully saturated rings. The molecule has 0 radical (unpaired) electrons. The Morgan fingerprint density at radius 3 is 2.52 bits per heavy atom. The molecule has 0 bridgehead atoms. The molecular weight excluding hydrogens is 574 g/mol. The fourth-order valence-corrected chi connectivity index (χ4v) is 3.97. The summed E-state index contributed by atoms with van der Waals surface area (Å²) in [7, 11) is 0. The van der Waals surface area contributed by atoms with Crippen LogP contribution in [0.5, 0.6) is 11.5 Å². The summed E-state index contributed by atoms with van der Waals surface area (Å²) in [5.74, 6) is 0.554. The van der Waals surface area contributed by atoms with E-state index in [9.17, 15) is 10.1 Å². The van der Waals surface area contributed by atoms with Crippen LogP contribution < -0.4 is 14.8 Å². The lowest BCUT2D eigenvalue weighted by molar-refractivity contribution is -0.112. The molecule has 1 N–H and O–H groups in total. The highest BCUT2D eigenvalue weighted by atomic mass is 127. The van der Waals surface area contributed by atoms with E-state index >= 15 is 0 Å². The molecular formula is C25H19Cl2IN2O3. The van der Waals surface area contributed by atoms with Gasteiger partial charge in [-0.3, -0.25) is 4.79 Å². The van der Waals surface area contributed by atoms with Gasteiger partial charge >= 0.3 is 0 Å². The number of para-hydroxylation sites is 1. The van der Waals surface area contributed by atoms with Crippen LogP contribution in [0.25, 0.3) is 6.08 Å². The summed E-state index contributed by atoms with van der Waals surface area (Å²) < 4.78 is 12.6. The maximum Gasteiger partial charge on any atom is 0.266 e. The van der Waals surface area contributed by atoms with Gasteiger partial charge in [-0.05, 0) is 83.1 Å². The first kappa shape index (κ1) is 24.9. The van der Waals surface area contributed by atoms with E-state index in [2.05, 4.69) is 27.9 Å². The molecule has 0 unspecified atom stereocenters. The second-order valence-electron chi connectivity index (χ2n) is 6.78. The molecule has 0 aliphatic rings. The smallest absolute Gasteiger partial charge is 0.266 e. The van der Waals surface area contributed by atoms with E-state index in [0.29, 0.717) is 46.0 Å². The van der Waals surface area contributed by atoms with Crippen molar-refractivity contribution in [1.29, 1.82) is 5.26 Å². The Morgan fingerprint density at radius 1 is 1.12 bits per heavy atom. The monoisotopic (exact) mass is 592 g/mol. The summed E-state index contributed by atoms with van der Waals surface area (Å²) in [4.78, 5) is 12.6. The van der Waals surface area contributed by atoms with Gasteiger partial charge in [0, 0.05) is 5.02 Å². The van der Waals surface area contributed by atoms with Gasteiger partial charge < -0.3 is 14.8 Å². The number of carbonyl (C=O) groups excluding carboxylic acids is 1. The minimum absolute atomic E-state index is 0.0667. The summed E-state index contributed by atoms with van der Waals surface area (Å²) in [6.45, 7) is 2.64. The number of nitrogens with one attached hydrogen (secondary N) is 1. The Bertz CT molecular complexity index is 1220. The van der Waals surface area contributed by atoms with Crippen LogP contribution in [0.4, 0.5) is 5.69 Å². The summed E-state index contributed by atoms with van der Waals surface area (Å²) in [6.07, 6.45) is 1.50. The maximum atomic E-state index is 12.6. The number of amides is 1. The highest BCUT2D eigenvalue weighted by Gasteiger charge is 2.15. The zero-order valence-electron chi connectivity index (χ0n) is 17.6. The standard InChI is InChI=1S/C25H19Cl2IN2O3/c1-2-32-23-13-17(11-18(14-29)25(31)30-22-6-4-3-5-20(22)27)12-21(28)24(23)33-15-16-7-9-19(26)10-8-16/h3-13H,2,15H2,1H3,(H,30,31)/b18-11-. The van der Waals surface area contributed by atoms with Crippen LogP contribution in [0.3, 0.4) is 0 Å². The topological polar surface area (TPSA) is 71.3 Å². The molecule has 0 atom stereocenters. The summed E-state index contributed by atoms with van der Waals surface area (Å²) in [5.41, 5.74) is 1.96. The SMILES string of the molecule is CCOc1cc(/C=C(/C#N)C(=O)Nc2ccccc2Cl)cc(I)c1OCc1ccc(Cl)cc1. The minimum Gasteiger partial charge on any atom is -0.490 e. The van der Waals surface area contributed by atoms with Gasteiger partial charge in [0.1, 0.15) is 18.2 Å². The predicted molar refractivity (Wildman–Crippen MR) is 140 cm³/mol. The van der Waals surface area contributed by atoms with Crippen LogP contribution in [-0.4, -0.2) is 12.5 Å². The third-order valence-corrected chi connectivity index (χ3v) is 5.81. The maximum absolute atomic E-state index is 12.6. The van der Waals surface area contributed by atoms with Gasteiger partial charge in [0.15, 0.2) is 11.5 Å². The lowest BCUT2D eigenvalue weighted by Crippen LogP contribution is -2.13. The second-order valence-corrected chi connectivity index (χ2v) is 8.79. The molecule has 3 rings (SSSR count). The molecule has 1 amide bonds. The number of hydrogen-bond donors (Lipinski definition) is 1. The summed E-state index contributed by atoms with van der Waals surface area (Å²) in [6, 6.07) is 19.7. The second kappa shape index (κ2) is 11.9. The number of rotatable bonds is 8. The quantitative estimate of drug-likeness (QED) is 0.172. The van der Waals surface area contributed by atoms with Crippen molar-refractivity contribution in [2.75, 3.05) is 11.9 Å². The average molecular weight is 593 g/mol. The van der Waals surface area contributed by atoms with Gasteiger partial charge in [-0.15, -0.1) is 0 Å². The van der Waals surface area contributed by atoms with E-state index in [1.54, 1.807) is 42.5 Å². The van der Waals surface area contributed by atoms with E-state index < -0.39 is 5.91 Å². The van der Waals surface area contributed by atoms with Gasteiger partial charge in [-0.1, -0.05) is 47.5 Å². The summed E-state index contributed by atoms with van der Waals surface area (Å²) in [5, 5.41) is 13.3. The van der Waals surface area contributed by atoms with Crippen molar-refractivity contribution in [3.63, 3.8) is 0 Å². The van der Waals surface area contributed by atoms with Crippen molar-refractivity contribution in [1.82, 2.24) is 0 Å². The predicted octanol–water partition coefficient (Wildman–Crippen LogP) is 7.12. The number of nitrogens with zero attached hydrogens (tertiary/aromatic N) is 1. The average Bonchev–Trinajstić information content (AvgIpc) is 2.79. The first-order valence-corrected chi connectivity index (χ1v) is 11.8. The molecule has 0 saturated heterocycles. The van der Waals surface area contributed by atoms with E-state index in [1.807, 2.05) is 31.2 Å². The molecule has 3 aromatic carbocycles. The fourth-order valence-electron chi connectivity index (χ4n) is 2.88. The lowest BCUT2D eigenvalue weighted by atomic mass is 10.1. The molecule has 33 heavy (non-hydrogen) atoms. The number of hydrogen-bond acceptors (Lipinski definition) is 4. The van der Waals surface area contributed by atoms with Crippen LogP contribution in [0, 0.1) is 14.9 Å². The first-order valence-electron chi connectivity index (χ1n) is 9.92. The molecule has 3 aromatic rings. The Hall–Kier alpha value is -2.73. The van der Waals surface area contributed by atoms with Gasteiger partial charge in [-0.25, -0.2) is 0 Å². The number of ether oxygens (including phenoxy) is 2. The van der Waals surface area contributed by atoms with E-state index in [1.165, 1.54) is 6.08 Å². The molecule has 0 aromatic heterocycles. The molecule has 0 aliphatic heterocycles. The van der Waals surface area contributed by atoms with Crippen molar-refractivity contribution >= 4 is 63.5 Å². The van der Waals surface area contributed by atoms with Crippen molar-refractivity contribution in [3.05, 3.63) is 91.0 Å². The highest BCUT2D eigenvalue weighted by Crippen LogP contribution is 2.35. The van der Waals surface area contributed by atoms with Crippen LogP contribution in [0.1, 0.15) is 18.1 Å². The van der Waals surface area contributed by atoms with Gasteiger partial charge in [-0.2, -0.15) is 5.26 Å². The van der Waals surface area contributed by atoms with Gasteiger partial charge in [0.05, 0.1) is 20.9 Å². The molecule has 0 heterocycles. The Labute approximate surface area is 216 Å². The molecule has 0 saturated carbocycles. The molecule has 0 spiro atoms. The normalized spacial score (nSPS) is 10.9. The van der Waals surface area contributed by atoms with E-state index in [0.717, 1.165) is 9.13 Å². The molecule has 8 heteroatoms. The third kappa shape index (κ3) is 6.87. The van der Waals surface area contributed by atoms with Crippen LogP contribution in [0.15, 0.2) is 66.2 Å². The van der Waals surface area contributed by atoms with Crippen molar-refractivity contribution in [3.8, 4) is 17.6 Å². The van der Waals surface area contributed by atoms with Crippen molar-refractivity contribution < 1.29 is 14.3 Å². The molecule has 5 nitrogen and oxygen atoms in total. The Morgan fingerprint density at radius 2 is 1.85 bits per heavy atom. The van der Waals surface area contributed by atoms with Crippen LogP contribution in [-0.2, 0) is 11.4 Å². The number of anilines is 1. The molecule has 168 valence electrons. The fraction of sp³-hybridized carbons (Fsp3) is 0.120. The van der Waals surface area contributed by atoms with Crippen molar-refractivity contribution in [2.45, 2.75) is 13.5 Å². The van der Waals surface area contributed by atoms with Gasteiger partial charge in [0.25, 0.3) is 5.91 Å².